The molecule has 82 valence electrons. The zero-order chi connectivity index (χ0) is 10.9. The van der Waals surface area contributed by atoms with E-state index in [2.05, 4.69) is 38.0 Å². The van der Waals surface area contributed by atoms with Gasteiger partial charge in [-0.3, -0.25) is 4.98 Å². The van der Waals surface area contributed by atoms with Crippen LogP contribution >= 0.6 is 0 Å². The van der Waals surface area contributed by atoms with Crippen molar-refractivity contribution in [3.8, 4) is 0 Å². The highest BCUT2D eigenvalue weighted by Gasteiger charge is 2.24. The molecule has 1 aliphatic rings. The molecule has 1 heteroatoms. The molecule has 0 amide bonds. The Labute approximate surface area is 92.9 Å². The molecular formula is C14H21N. The molecule has 15 heavy (non-hydrogen) atoms. The molecule has 1 atom stereocenters. The lowest BCUT2D eigenvalue weighted by Gasteiger charge is -2.30. The van der Waals surface area contributed by atoms with Gasteiger partial charge in [-0.15, -0.1) is 0 Å². The summed E-state index contributed by atoms with van der Waals surface area (Å²) in [6, 6.07) is 2.23. The van der Waals surface area contributed by atoms with Gasteiger partial charge in [0.05, 0.1) is 0 Å². The minimum absolute atomic E-state index is 0.433. The van der Waals surface area contributed by atoms with Crippen LogP contribution in [0.2, 0.25) is 0 Å². The predicted octanol–water partition coefficient (Wildman–Crippen LogP) is 3.94. The number of pyridine rings is 1. The molecular weight excluding hydrogens is 182 g/mol. The zero-order valence-corrected chi connectivity index (χ0v) is 10.1. The Kier molecular flexibility index (Phi) is 2.81. The third kappa shape index (κ3) is 2.58. The smallest absolute Gasteiger partial charge is 0.0302 e. The van der Waals surface area contributed by atoms with Gasteiger partial charge in [-0.1, -0.05) is 20.8 Å². The maximum atomic E-state index is 4.23. The second-order valence-electron chi connectivity index (χ2n) is 5.93. The lowest BCUT2D eigenvalue weighted by atomic mass is 9.75. The van der Waals surface area contributed by atoms with Crippen LogP contribution in [0.25, 0.3) is 0 Å². The first-order valence-electron chi connectivity index (χ1n) is 5.99. The Balaban J connectivity index is 2.22. The largest absolute Gasteiger partial charge is 0.264 e. The number of aromatic nitrogens is 1. The van der Waals surface area contributed by atoms with Gasteiger partial charge in [-0.05, 0) is 54.2 Å². The highest BCUT2D eigenvalue weighted by molar-refractivity contribution is 5.29. The molecule has 0 fully saturated rings. The molecule has 1 nitrogen and oxygen atoms in total. The van der Waals surface area contributed by atoms with Gasteiger partial charge in [0.15, 0.2) is 0 Å². The summed E-state index contributed by atoms with van der Waals surface area (Å²) in [5.74, 6) is 0.761. The van der Waals surface area contributed by atoms with Crippen molar-refractivity contribution in [3.05, 3.63) is 29.6 Å². The molecule has 0 bridgehead atoms. The molecule has 0 aliphatic heterocycles. The Morgan fingerprint density at radius 3 is 2.93 bits per heavy atom. The lowest BCUT2D eigenvalue weighted by Crippen LogP contribution is -2.16. The van der Waals surface area contributed by atoms with Crippen LogP contribution in [0.1, 0.15) is 57.1 Å². The highest BCUT2D eigenvalue weighted by atomic mass is 14.6. The van der Waals surface area contributed by atoms with E-state index in [9.17, 15) is 0 Å². The third-order valence-electron chi connectivity index (χ3n) is 3.24. The molecule has 2 rings (SSSR count). The van der Waals surface area contributed by atoms with Gasteiger partial charge in [0.25, 0.3) is 0 Å². The number of hydrogen-bond acceptors (Lipinski definition) is 1. The third-order valence-corrected chi connectivity index (χ3v) is 3.24. The average Bonchev–Trinajstić information content (AvgIpc) is 2.16. The van der Waals surface area contributed by atoms with Crippen molar-refractivity contribution >= 4 is 0 Å². The van der Waals surface area contributed by atoms with Gasteiger partial charge in [0.1, 0.15) is 0 Å². The number of nitrogens with zero attached hydrogens (tertiary/aromatic N) is 1. The molecule has 1 aromatic heterocycles. The van der Waals surface area contributed by atoms with Crippen molar-refractivity contribution in [2.75, 3.05) is 0 Å². The maximum absolute atomic E-state index is 4.23. The lowest BCUT2D eigenvalue weighted by molar-refractivity contribution is 0.321. The summed E-state index contributed by atoms with van der Waals surface area (Å²) in [5.41, 5.74) is 3.48. The van der Waals surface area contributed by atoms with E-state index in [0.717, 1.165) is 5.92 Å². The number of rotatable bonds is 1. The Morgan fingerprint density at radius 2 is 2.20 bits per heavy atom. The van der Waals surface area contributed by atoms with E-state index in [1.165, 1.54) is 31.2 Å². The fourth-order valence-corrected chi connectivity index (χ4v) is 2.69. The van der Waals surface area contributed by atoms with Crippen LogP contribution in [0.3, 0.4) is 0 Å². The van der Waals surface area contributed by atoms with E-state index < -0.39 is 0 Å². The van der Waals surface area contributed by atoms with Crippen molar-refractivity contribution in [3.63, 3.8) is 0 Å². The van der Waals surface area contributed by atoms with Gasteiger partial charge < -0.3 is 0 Å². The standard InChI is InChI=1S/C14H21N/c1-14(2,3)9-11-5-4-6-12-10-15-8-7-13(11)12/h7-8,10-11H,4-6,9H2,1-3H3. The van der Waals surface area contributed by atoms with Gasteiger partial charge >= 0.3 is 0 Å². The topological polar surface area (TPSA) is 12.9 Å². The summed E-state index contributed by atoms with van der Waals surface area (Å²) in [6.07, 6.45) is 9.21. The minimum Gasteiger partial charge on any atom is -0.264 e. The number of aryl methyl sites for hydroxylation is 1. The van der Waals surface area contributed by atoms with Crippen molar-refractivity contribution in [1.29, 1.82) is 0 Å². The van der Waals surface area contributed by atoms with E-state index in [0.29, 0.717) is 5.41 Å². The normalized spacial score (nSPS) is 21.1. The van der Waals surface area contributed by atoms with Gasteiger partial charge in [-0.2, -0.15) is 0 Å². The van der Waals surface area contributed by atoms with Crippen molar-refractivity contribution in [1.82, 2.24) is 4.98 Å². The first-order chi connectivity index (χ1) is 7.06. The fraction of sp³-hybridized carbons (Fsp3) is 0.643. The fourth-order valence-electron chi connectivity index (χ4n) is 2.69. The second kappa shape index (κ2) is 3.96. The Morgan fingerprint density at radius 1 is 1.40 bits per heavy atom. The van der Waals surface area contributed by atoms with Crippen molar-refractivity contribution < 1.29 is 0 Å². The number of hydrogen-bond donors (Lipinski definition) is 0. The number of fused-ring (bicyclic) bond motifs is 1. The van der Waals surface area contributed by atoms with E-state index >= 15 is 0 Å². The quantitative estimate of drug-likeness (QED) is 0.673. The molecule has 1 unspecified atom stereocenters. The Bertz CT molecular complexity index is 335. The van der Waals surface area contributed by atoms with Crippen LogP contribution in [0, 0.1) is 5.41 Å². The predicted molar refractivity (Wildman–Crippen MR) is 64.0 cm³/mol. The molecule has 0 radical (unpaired) electrons. The monoisotopic (exact) mass is 203 g/mol. The van der Waals surface area contributed by atoms with E-state index in [-0.39, 0.29) is 0 Å². The molecule has 0 saturated heterocycles. The molecule has 0 N–H and O–H groups in total. The van der Waals surface area contributed by atoms with Crippen molar-refractivity contribution in [2.24, 2.45) is 5.41 Å². The molecule has 1 aliphatic carbocycles. The summed E-state index contributed by atoms with van der Waals surface area (Å²) in [5, 5.41) is 0. The van der Waals surface area contributed by atoms with Crippen LogP contribution in [-0.2, 0) is 6.42 Å². The maximum Gasteiger partial charge on any atom is 0.0302 e. The van der Waals surface area contributed by atoms with Crippen LogP contribution in [0.4, 0.5) is 0 Å². The van der Waals surface area contributed by atoms with Gasteiger partial charge in [-0.25, -0.2) is 0 Å². The molecule has 0 spiro atoms. The Hall–Kier alpha value is -0.850. The van der Waals surface area contributed by atoms with Gasteiger partial charge in [0, 0.05) is 12.4 Å². The zero-order valence-electron chi connectivity index (χ0n) is 10.1. The molecule has 1 aromatic rings. The first kappa shape index (κ1) is 10.7. The molecule has 1 heterocycles. The first-order valence-corrected chi connectivity index (χ1v) is 5.99. The summed E-state index contributed by atoms with van der Waals surface area (Å²) in [7, 11) is 0. The summed E-state index contributed by atoms with van der Waals surface area (Å²) in [4.78, 5) is 4.23. The SMILES string of the molecule is CC(C)(C)CC1CCCc2cnccc21. The summed E-state index contributed by atoms with van der Waals surface area (Å²) in [6.45, 7) is 7.01. The minimum atomic E-state index is 0.433. The summed E-state index contributed by atoms with van der Waals surface area (Å²) < 4.78 is 0. The highest BCUT2D eigenvalue weighted by Crippen LogP contribution is 2.38. The van der Waals surface area contributed by atoms with E-state index in [1.54, 1.807) is 5.56 Å². The van der Waals surface area contributed by atoms with E-state index in [4.69, 9.17) is 0 Å². The molecule has 0 saturated carbocycles. The summed E-state index contributed by atoms with van der Waals surface area (Å²) >= 11 is 0. The molecule has 0 aromatic carbocycles. The average molecular weight is 203 g/mol. The van der Waals surface area contributed by atoms with Gasteiger partial charge in [0.2, 0.25) is 0 Å². The van der Waals surface area contributed by atoms with Crippen LogP contribution in [0.15, 0.2) is 18.5 Å². The van der Waals surface area contributed by atoms with E-state index in [1.807, 2.05) is 6.20 Å². The van der Waals surface area contributed by atoms with Crippen LogP contribution < -0.4 is 0 Å². The van der Waals surface area contributed by atoms with Crippen LogP contribution in [-0.4, -0.2) is 4.98 Å². The van der Waals surface area contributed by atoms with Crippen molar-refractivity contribution in [2.45, 2.75) is 52.4 Å². The second-order valence-corrected chi connectivity index (χ2v) is 5.93. The van der Waals surface area contributed by atoms with Crippen LogP contribution in [0.5, 0.6) is 0 Å².